The summed E-state index contributed by atoms with van der Waals surface area (Å²) < 4.78 is 0. The third-order valence-corrected chi connectivity index (χ3v) is 2.59. The van der Waals surface area contributed by atoms with Gasteiger partial charge in [-0.25, -0.2) is 4.98 Å². The Labute approximate surface area is 99.0 Å². The van der Waals surface area contributed by atoms with Crippen LogP contribution in [0.3, 0.4) is 0 Å². The molecule has 0 radical (unpaired) electrons. The van der Waals surface area contributed by atoms with Crippen molar-refractivity contribution in [3.63, 3.8) is 0 Å². The summed E-state index contributed by atoms with van der Waals surface area (Å²) >= 11 is 11.6. The summed E-state index contributed by atoms with van der Waals surface area (Å²) in [7, 11) is 0. The second-order valence-corrected chi connectivity index (χ2v) is 3.76. The van der Waals surface area contributed by atoms with E-state index in [4.69, 9.17) is 23.2 Å². The molecule has 0 fully saturated rings. The van der Waals surface area contributed by atoms with Crippen LogP contribution in [0.15, 0.2) is 12.3 Å². The Kier molecular flexibility index (Phi) is 4.36. The molecule has 0 unspecified atom stereocenters. The minimum Gasteiger partial charge on any atom is -0.339 e. The van der Waals surface area contributed by atoms with Crippen molar-refractivity contribution in [3.8, 4) is 0 Å². The van der Waals surface area contributed by atoms with Gasteiger partial charge in [-0.1, -0.05) is 23.2 Å². The third-order valence-electron chi connectivity index (χ3n) is 2.09. The first-order valence-electron chi connectivity index (χ1n) is 4.70. The topological polar surface area (TPSA) is 33.2 Å². The standard InChI is InChI=1S/C10H12Cl2N2O/c1-3-14(4-2)10(15)8-5-7(11)6-13-9(8)12/h5-6H,3-4H2,1-2H3. The molecule has 1 amide bonds. The van der Waals surface area contributed by atoms with Gasteiger partial charge in [0.2, 0.25) is 0 Å². The van der Waals surface area contributed by atoms with E-state index in [1.807, 2.05) is 13.8 Å². The molecule has 0 saturated carbocycles. The molecule has 0 aliphatic rings. The first-order chi connectivity index (χ1) is 7.10. The number of aromatic nitrogens is 1. The van der Waals surface area contributed by atoms with Crippen LogP contribution in [0, 0.1) is 0 Å². The summed E-state index contributed by atoms with van der Waals surface area (Å²) in [4.78, 5) is 17.4. The molecule has 0 bridgehead atoms. The van der Waals surface area contributed by atoms with Crippen molar-refractivity contribution in [2.24, 2.45) is 0 Å². The van der Waals surface area contributed by atoms with Gasteiger partial charge in [-0.2, -0.15) is 0 Å². The second-order valence-electron chi connectivity index (χ2n) is 2.97. The van der Waals surface area contributed by atoms with Crippen molar-refractivity contribution < 1.29 is 4.79 Å². The summed E-state index contributed by atoms with van der Waals surface area (Å²) in [5, 5.41) is 0.603. The van der Waals surface area contributed by atoms with Crippen molar-refractivity contribution in [2.45, 2.75) is 13.8 Å². The molecule has 0 aromatic carbocycles. The van der Waals surface area contributed by atoms with E-state index in [9.17, 15) is 4.79 Å². The van der Waals surface area contributed by atoms with E-state index >= 15 is 0 Å². The number of carbonyl (C=O) groups excluding carboxylic acids is 1. The van der Waals surface area contributed by atoms with E-state index in [0.717, 1.165) is 0 Å². The number of amides is 1. The molecule has 0 spiro atoms. The van der Waals surface area contributed by atoms with E-state index in [2.05, 4.69) is 4.98 Å². The van der Waals surface area contributed by atoms with Crippen LogP contribution >= 0.6 is 23.2 Å². The van der Waals surface area contributed by atoms with Crippen LogP contribution in [-0.4, -0.2) is 28.9 Å². The van der Waals surface area contributed by atoms with Gasteiger partial charge in [0.05, 0.1) is 10.6 Å². The summed E-state index contributed by atoms with van der Waals surface area (Å²) in [6, 6.07) is 1.54. The summed E-state index contributed by atoms with van der Waals surface area (Å²) in [5.74, 6) is -0.139. The zero-order valence-corrected chi connectivity index (χ0v) is 10.1. The summed E-state index contributed by atoms with van der Waals surface area (Å²) in [5.41, 5.74) is 0.355. The summed E-state index contributed by atoms with van der Waals surface area (Å²) in [6.45, 7) is 5.09. The maximum Gasteiger partial charge on any atom is 0.257 e. The molecule has 1 aromatic rings. The number of nitrogens with zero attached hydrogens (tertiary/aromatic N) is 2. The molecular weight excluding hydrogens is 235 g/mol. The molecule has 0 atom stereocenters. The lowest BCUT2D eigenvalue weighted by Crippen LogP contribution is -2.30. The molecule has 3 nitrogen and oxygen atoms in total. The highest BCUT2D eigenvalue weighted by Gasteiger charge is 2.16. The average molecular weight is 247 g/mol. The zero-order valence-electron chi connectivity index (χ0n) is 8.63. The van der Waals surface area contributed by atoms with Gasteiger partial charge in [-0.3, -0.25) is 4.79 Å². The molecule has 1 rings (SSSR count). The largest absolute Gasteiger partial charge is 0.339 e. The van der Waals surface area contributed by atoms with Gasteiger partial charge in [0.1, 0.15) is 5.15 Å². The van der Waals surface area contributed by atoms with Crippen LogP contribution in [0.4, 0.5) is 0 Å². The number of hydrogen-bond acceptors (Lipinski definition) is 2. The zero-order chi connectivity index (χ0) is 11.4. The highest BCUT2D eigenvalue weighted by Crippen LogP contribution is 2.19. The van der Waals surface area contributed by atoms with Crippen LogP contribution in [0.2, 0.25) is 10.2 Å². The number of carbonyl (C=O) groups is 1. The summed E-state index contributed by atoms with van der Waals surface area (Å²) in [6.07, 6.45) is 1.42. The van der Waals surface area contributed by atoms with Crippen molar-refractivity contribution in [1.29, 1.82) is 0 Å². The van der Waals surface area contributed by atoms with Gasteiger partial charge in [0.25, 0.3) is 5.91 Å². The lowest BCUT2D eigenvalue weighted by atomic mass is 10.2. The molecule has 1 aromatic heterocycles. The molecule has 0 saturated heterocycles. The Bertz CT molecular complexity index is 364. The van der Waals surface area contributed by atoms with Crippen LogP contribution < -0.4 is 0 Å². The number of pyridine rings is 1. The lowest BCUT2D eigenvalue weighted by Gasteiger charge is -2.18. The van der Waals surface area contributed by atoms with Crippen LogP contribution in [0.5, 0.6) is 0 Å². The van der Waals surface area contributed by atoms with Crippen LogP contribution in [0.25, 0.3) is 0 Å². The highest BCUT2D eigenvalue weighted by atomic mass is 35.5. The third kappa shape index (κ3) is 2.83. The monoisotopic (exact) mass is 246 g/mol. The molecule has 82 valence electrons. The lowest BCUT2D eigenvalue weighted by molar-refractivity contribution is 0.0773. The Hall–Kier alpha value is -0.800. The number of hydrogen-bond donors (Lipinski definition) is 0. The Morgan fingerprint density at radius 1 is 1.40 bits per heavy atom. The molecule has 0 aliphatic carbocycles. The van der Waals surface area contributed by atoms with Crippen molar-refractivity contribution >= 4 is 29.1 Å². The fourth-order valence-electron chi connectivity index (χ4n) is 1.25. The van der Waals surface area contributed by atoms with Gasteiger partial charge in [-0.05, 0) is 19.9 Å². The number of rotatable bonds is 3. The maximum atomic E-state index is 11.9. The Morgan fingerprint density at radius 2 is 2.00 bits per heavy atom. The van der Waals surface area contributed by atoms with Gasteiger partial charge in [0.15, 0.2) is 0 Å². The minimum absolute atomic E-state index is 0.139. The molecule has 5 heteroatoms. The van der Waals surface area contributed by atoms with Gasteiger partial charge < -0.3 is 4.90 Å². The predicted octanol–water partition coefficient (Wildman–Crippen LogP) is 2.87. The second kappa shape index (κ2) is 5.33. The molecule has 15 heavy (non-hydrogen) atoms. The van der Waals surface area contributed by atoms with Gasteiger partial charge in [0, 0.05) is 19.3 Å². The van der Waals surface area contributed by atoms with E-state index in [1.54, 1.807) is 4.90 Å². The molecule has 1 heterocycles. The first kappa shape index (κ1) is 12.3. The van der Waals surface area contributed by atoms with Crippen LogP contribution in [-0.2, 0) is 0 Å². The number of halogens is 2. The van der Waals surface area contributed by atoms with Gasteiger partial charge in [-0.15, -0.1) is 0 Å². The van der Waals surface area contributed by atoms with Crippen molar-refractivity contribution in [2.75, 3.05) is 13.1 Å². The van der Waals surface area contributed by atoms with E-state index in [-0.39, 0.29) is 11.1 Å². The maximum absolute atomic E-state index is 11.9. The Balaban J connectivity index is 3.04. The van der Waals surface area contributed by atoms with E-state index in [0.29, 0.717) is 23.7 Å². The van der Waals surface area contributed by atoms with Crippen molar-refractivity contribution in [1.82, 2.24) is 9.88 Å². The minimum atomic E-state index is -0.139. The predicted molar refractivity (Wildman–Crippen MR) is 61.5 cm³/mol. The van der Waals surface area contributed by atoms with Crippen molar-refractivity contribution in [3.05, 3.63) is 28.0 Å². The quantitative estimate of drug-likeness (QED) is 0.769. The molecular formula is C10H12Cl2N2O. The van der Waals surface area contributed by atoms with Crippen LogP contribution in [0.1, 0.15) is 24.2 Å². The van der Waals surface area contributed by atoms with Gasteiger partial charge >= 0.3 is 0 Å². The molecule has 0 aliphatic heterocycles. The SMILES string of the molecule is CCN(CC)C(=O)c1cc(Cl)cnc1Cl. The normalized spacial score (nSPS) is 10.1. The fraction of sp³-hybridized carbons (Fsp3) is 0.400. The van der Waals surface area contributed by atoms with E-state index < -0.39 is 0 Å². The first-order valence-corrected chi connectivity index (χ1v) is 5.46. The molecule has 0 N–H and O–H groups in total. The fourth-order valence-corrected chi connectivity index (χ4v) is 1.60. The average Bonchev–Trinajstić information content (AvgIpc) is 2.23. The highest BCUT2D eigenvalue weighted by molar-refractivity contribution is 6.34. The van der Waals surface area contributed by atoms with E-state index in [1.165, 1.54) is 12.3 Å². The smallest absolute Gasteiger partial charge is 0.257 e. The Morgan fingerprint density at radius 3 is 2.53 bits per heavy atom.